The van der Waals surface area contributed by atoms with Gasteiger partial charge in [-0.3, -0.25) is 0 Å². The van der Waals surface area contributed by atoms with Crippen LogP contribution in [0, 0.1) is 0 Å². The molecule has 1 aliphatic rings. The molecule has 1 nitrogen and oxygen atoms in total. The van der Waals surface area contributed by atoms with Crippen LogP contribution in [0.1, 0.15) is 36.5 Å². The van der Waals surface area contributed by atoms with E-state index in [9.17, 15) is 5.11 Å². The Labute approximate surface area is 137 Å². The Hall–Kier alpha value is -2.54. The van der Waals surface area contributed by atoms with Gasteiger partial charge in [0.05, 0.1) is 0 Å². The standard InChI is InChI=1S/C22H20O/c1-14(2)15-10-11-22(23)21(12-15)19-9-5-8-18-17-7-4-3-6-16(17)13-20(18)19/h3-12,14,23H,13H2,1-2H3. The zero-order valence-corrected chi connectivity index (χ0v) is 13.5. The number of hydrogen-bond acceptors (Lipinski definition) is 1. The lowest BCUT2D eigenvalue weighted by Gasteiger charge is -2.14. The lowest BCUT2D eigenvalue weighted by Crippen LogP contribution is -1.92. The van der Waals surface area contributed by atoms with Crippen molar-refractivity contribution in [3.63, 3.8) is 0 Å². The van der Waals surface area contributed by atoms with Crippen LogP contribution in [0.4, 0.5) is 0 Å². The molecule has 1 heteroatoms. The highest BCUT2D eigenvalue weighted by atomic mass is 16.3. The highest BCUT2D eigenvalue weighted by Gasteiger charge is 2.22. The van der Waals surface area contributed by atoms with Gasteiger partial charge in [0.15, 0.2) is 0 Å². The molecule has 0 saturated carbocycles. The van der Waals surface area contributed by atoms with E-state index in [0.717, 1.165) is 17.5 Å². The summed E-state index contributed by atoms with van der Waals surface area (Å²) in [6, 6.07) is 21.0. The van der Waals surface area contributed by atoms with Crippen LogP contribution in [-0.2, 0) is 6.42 Å². The molecule has 1 aliphatic carbocycles. The Kier molecular flexibility index (Phi) is 3.23. The molecule has 3 aromatic rings. The number of rotatable bonds is 2. The Morgan fingerprint density at radius 2 is 1.48 bits per heavy atom. The molecule has 0 fully saturated rings. The Balaban J connectivity index is 1.92. The van der Waals surface area contributed by atoms with Crippen LogP contribution in [0.15, 0.2) is 60.7 Å². The molecule has 0 aliphatic heterocycles. The third-order valence-corrected chi connectivity index (χ3v) is 4.83. The third kappa shape index (κ3) is 2.24. The van der Waals surface area contributed by atoms with E-state index in [2.05, 4.69) is 62.4 Å². The summed E-state index contributed by atoms with van der Waals surface area (Å²) in [6.07, 6.45) is 0.938. The van der Waals surface area contributed by atoms with Gasteiger partial charge >= 0.3 is 0 Å². The summed E-state index contributed by atoms with van der Waals surface area (Å²) in [6.45, 7) is 4.36. The predicted octanol–water partition coefficient (Wildman–Crippen LogP) is 5.75. The second-order valence-electron chi connectivity index (χ2n) is 6.60. The fraction of sp³-hybridized carbons (Fsp3) is 0.182. The molecule has 0 radical (unpaired) electrons. The van der Waals surface area contributed by atoms with Crippen molar-refractivity contribution in [2.75, 3.05) is 0 Å². The second-order valence-corrected chi connectivity index (χ2v) is 6.60. The molecule has 0 spiro atoms. The molecule has 23 heavy (non-hydrogen) atoms. The van der Waals surface area contributed by atoms with E-state index >= 15 is 0 Å². The molecule has 1 N–H and O–H groups in total. The van der Waals surface area contributed by atoms with Crippen molar-refractivity contribution < 1.29 is 5.11 Å². The number of phenols is 1. The van der Waals surface area contributed by atoms with Gasteiger partial charge in [-0.15, -0.1) is 0 Å². The van der Waals surface area contributed by atoms with Gasteiger partial charge in [0.1, 0.15) is 5.75 Å². The molecule has 0 amide bonds. The van der Waals surface area contributed by atoms with E-state index in [-0.39, 0.29) is 0 Å². The fourth-order valence-electron chi connectivity index (χ4n) is 3.54. The maximum Gasteiger partial charge on any atom is 0.123 e. The van der Waals surface area contributed by atoms with Crippen LogP contribution in [-0.4, -0.2) is 5.11 Å². The lowest BCUT2D eigenvalue weighted by atomic mass is 9.92. The first kappa shape index (κ1) is 14.1. The Morgan fingerprint density at radius 3 is 2.26 bits per heavy atom. The zero-order valence-electron chi connectivity index (χ0n) is 13.5. The average Bonchev–Trinajstić information content (AvgIpc) is 2.94. The van der Waals surface area contributed by atoms with E-state index in [4.69, 9.17) is 0 Å². The lowest BCUT2D eigenvalue weighted by molar-refractivity contribution is 0.477. The molecule has 0 heterocycles. The van der Waals surface area contributed by atoms with Crippen molar-refractivity contribution >= 4 is 0 Å². The van der Waals surface area contributed by atoms with E-state index in [1.165, 1.54) is 27.8 Å². The first-order valence-corrected chi connectivity index (χ1v) is 8.18. The van der Waals surface area contributed by atoms with Crippen molar-refractivity contribution in [2.24, 2.45) is 0 Å². The summed E-state index contributed by atoms with van der Waals surface area (Å²) in [5, 5.41) is 10.4. The molecular weight excluding hydrogens is 280 g/mol. The second kappa shape index (κ2) is 5.27. The smallest absolute Gasteiger partial charge is 0.123 e. The van der Waals surface area contributed by atoms with Gasteiger partial charge in [0.2, 0.25) is 0 Å². The summed E-state index contributed by atoms with van der Waals surface area (Å²) in [4.78, 5) is 0. The number of aromatic hydroxyl groups is 1. The van der Waals surface area contributed by atoms with Gasteiger partial charge in [0.25, 0.3) is 0 Å². The molecule has 0 unspecified atom stereocenters. The normalized spacial score (nSPS) is 12.3. The number of phenolic OH excluding ortho intramolecular Hbond substituents is 1. The van der Waals surface area contributed by atoms with Crippen LogP contribution < -0.4 is 0 Å². The minimum atomic E-state index is 0.360. The van der Waals surface area contributed by atoms with Crippen molar-refractivity contribution in [2.45, 2.75) is 26.2 Å². The quantitative estimate of drug-likeness (QED) is 0.499. The molecule has 4 rings (SSSR count). The number of hydrogen-bond donors (Lipinski definition) is 1. The Bertz CT molecular complexity index is 890. The molecule has 114 valence electrons. The highest BCUT2D eigenvalue weighted by Crippen LogP contribution is 2.43. The van der Waals surface area contributed by atoms with Gasteiger partial charge in [0, 0.05) is 5.56 Å². The van der Waals surface area contributed by atoms with E-state index < -0.39 is 0 Å². The van der Waals surface area contributed by atoms with Crippen molar-refractivity contribution in [1.82, 2.24) is 0 Å². The summed E-state index contributed by atoms with van der Waals surface area (Å²) in [7, 11) is 0. The molecule has 0 aromatic heterocycles. The first-order valence-electron chi connectivity index (χ1n) is 8.18. The summed E-state index contributed by atoms with van der Waals surface area (Å²) >= 11 is 0. The van der Waals surface area contributed by atoms with Crippen molar-refractivity contribution in [3.8, 4) is 28.0 Å². The largest absolute Gasteiger partial charge is 0.507 e. The topological polar surface area (TPSA) is 20.2 Å². The molecular formula is C22H20O. The van der Waals surface area contributed by atoms with Gasteiger partial charge < -0.3 is 5.11 Å². The molecule has 0 atom stereocenters. The fourth-order valence-corrected chi connectivity index (χ4v) is 3.54. The molecule has 0 saturated heterocycles. The van der Waals surface area contributed by atoms with Crippen LogP contribution in [0.5, 0.6) is 5.75 Å². The Morgan fingerprint density at radius 1 is 0.783 bits per heavy atom. The maximum absolute atomic E-state index is 10.4. The van der Waals surface area contributed by atoms with Crippen molar-refractivity contribution in [3.05, 3.63) is 77.4 Å². The SMILES string of the molecule is CC(C)c1ccc(O)c(-c2cccc3c2Cc2ccccc2-3)c1. The highest BCUT2D eigenvalue weighted by molar-refractivity contribution is 5.86. The molecule has 3 aromatic carbocycles. The number of fused-ring (bicyclic) bond motifs is 3. The summed E-state index contributed by atoms with van der Waals surface area (Å²) in [5.41, 5.74) is 8.67. The average molecular weight is 300 g/mol. The monoisotopic (exact) mass is 300 g/mol. The first-order chi connectivity index (χ1) is 11.1. The van der Waals surface area contributed by atoms with Crippen molar-refractivity contribution in [1.29, 1.82) is 0 Å². The van der Waals surface area contributed by atoms with Gasteiger partial charge in [-0.25, -0.2) is 0 Å². The van der Waals surface area contributed by atoms with E-state index in [0.29, 0.717) is 11.7 Å². The minimum absolute atomic E-state index is 0.360. The maximum atomic E-state index is 10.4. The van der Waals surface area contributed by atoms with Crippen LogP contribution >= 0.6 is 0 Å². The van der Waals surface area contributed by atoms with Crippen LogP contribution in [0.3, 0.4) is 0 Å². The number of benzene rings is 3. The van der Waals surface area contributed by atoms with Crippen LogP contribution in [0.2, 0.25) is 0 Å². The minimum Gasteiger partial charge on any atom is -0.507 e. The van der Waals surface area contributed by atoms with Gasteiger partial charge in [-0.1, -0.05) is 62.4 Å². The van der Waals surface area contributed by atoms with E-state index in [1.807, 2.05) is 12.1 Å². The van der Waals surface area contributed by atoms with E-state index in [1.54, 1.807) is 0 Å². The van der Waals surface area contributed by atoms with Crippen LogP contribution in [0.25, 0.3) is 22.3 Å². The zero-order chi connectivity index (χ0) is 16.0. The summed E-state index contributed by atoms with van der Waals surface area (Å²) < 4.78 is 0. The van der Waals surface area contributed by atoms with Gasteiger partial charge in [-0.05, 0) is 57.9 Å². The summed E-state index contributed by atoms with van der Waals surface area (Å²) in [5.74, 6) is 0.807. The molecule has 0 bridgehead atoms. The third-order valence-electron chi connectivity index (χ3n) is 4.83. The predicted molar refractivity (Wildman–Crippen MR) is 95.9 cm³/mol. The van der Waals surface area contributed by atoms with Gasteiger partial charge in [-0.2, -0.15) is 0 Å².